The van der Waals surface area contributed by atoms with Crippen molar-refractivity contribution in [3.8, 4) is 0 Å². The first-order chi connectivity index (χ1) is 10.5. The number of thioether (sulfide) groups is 1. The lowest BCUT2D eigenvalue weighted by molar-refractivity contribution is -0.133. The Morgan fingerprint density at radius 1 is 1.32 bits per heavy atom. The lowest BCUT2D eigenvalue weighted by atomic mass is 9.85. The van der Waals surface area contributed by atoms with Crippen LogP contribution in [0.25, 0.3) is 0 Å². The molecule has 1 fully saturated rings. The van der Waals surface area contributed by atoms with Crippen LogP contribution in [0.15, 0.2) is 0 Å². The minimum absolute atomic E-state index is 0.0828. The fraction of sp³-hybridized carbons (Fsp3) is 0.941. The molecule has 0 aromatic heterocycles. The molecule has 1 amide bonds. The normalized spacial score (nSPS) is 19.5. The van der Waals surface area contributed by atoms with E-state index in [0.29, 0.717) is 11.5 Å². The van der Waals surface area contributed by atoms with E-state index in [1.165, 1.54) is 12.8 Å². The summed E-state index contributed by atoms with van der Waals surface area (Å²) in [7, 11) is 0. The van der Waals surface area contributed by atoms with Crippen LogP contribution < -0.4 is 5.73 Å². The molecule has 1 heterocycles. The average Bonchev–Trinajstić information content (AvgIpc) is 2.52. The molecule has 0 bridgehead atoms. The summed E-state index contributed by atoms with van der Waals surface area (Å²) < 4.78 is 0. The highest BCUT2D eigenvalue weighted by atomic mass is 32.2. The zero-order valence-electron chi connectivity index (χ0n) is 14.5. The predicted molar refractivity (Wildman–Crippen MR) is 94.9 cm³/mol. The number of likely N-dealkylation sites (tertiary alicyclic amines) is 1. The number of carbonyl (C=O) groups excluding carboxylic acids is 1. The Morgan fingerprint density at radius 2 is 1.95 bits per heavy atom. The maximum Gasteiger partial charge on any atom is 0.240 e. The first-order valence-corrected chi connectivity index (χ1v) is 9.84. The van der Waals surface area contributed by atoms with Gasteiger partial charge in [-0.05, 0) is 30.6 Å². The number of aliphatic hydroxyl groups excluding tert-OH is 1. The smallest absolute Gasteiger partial charge is 0.240 e. The van der Waals surface area contributed by atoms with E-state index < -0.39 is 6.04 Å². The van der Waals surface area contributed by atoms with Crippen LogP contribution in [0.2, 0.25) is 0 Å². The van der Waals surface area contributed by atoms with Gasteiger partial charge < -0.3 is 15.7 Å². The second kappa shape index (κ2) is 10.5. The number of hydrogen-bond acceptors (Lipinski definition) is 4. The summed E-state index contributed by atoms with van der Waals surface area (Å²) in [5.41, 5.74) is 5.96. The van der Waals surface area contributed by atoms with Crippen LogP contribution in [-0.4, -0.2) is 53.2 Å². The van der Waals surface area contributed by atoms with Gasteiger partial charge in [-0.1, -0.05) is 33.6 Å². The molecule has 130 valence electrons. The predicted octanol–water partition coefficient (Wildman–Crippen LogP) is 2.35. The molecule has 1 saturated heterocycles. The summed E-state index contributed by atoms with van der Waals surface area (Å²) in [4.78, 5) is 14.2. The monoisotopic (exact) mass is 330 g/mol. The first kappa shape index (κ1) is 19.8. The lowest BCUT2D eigenvalue weighted by Crippen LogP contribution is -2.48. The van der Waals surface area contributed by atoms with Crippen molar-refractivity contribution in [1.82, 2.24) is 4.90 Å². The van der Waals surface area contributed by atoms with Gasteiger partial charge in [0.25, 0.3) is 0 Å². The Labute approximate surface area is 140 Å². The Kier molecular flexibility index (Phi) is 9.45. The Bertz CT molecular complexity index is 318. The molecule has 0 aromatic rings. The molecule has 1 aliphatic rings. The number of rotatable bonds is 9. The van der Waals surface area contributed by atoms with Crippen LogP contribution in [0.4, 0.5) is 0 Å². The van der Waals surface area contributed by atoms with Crippen molar-refractivity contribution in [2.24, 2.45) is 23.5 Å². The standard InChI is InChI=1S/C17H34N2O2S/c1-13(2)14(3)4-5-15-6-8-19(9-7-15)17(21)16(18)12-22-11-10-20/h13-16,20H,4-12,18H2,1-3H3. The van der Waals surface area contributed by atoms with Crippen molar-refractivity contribution in [2.75, 3.05) is 31.2 Å². The fourth-order valence-electron chi connectivity index (χ4n) is 2.85. The Hall–Kier alpha value is -0.260. The summed E-state index contributed by atoms with van der Waals surface area (Å²) in [5, 5.41) is 8.76. The summed E-state index contributed by atoms with van der Waals surface area (Å²) >= 11 is 1.55. The highest BCUT2D eigenvalue weighted by molar-refractivity contribution is 7.99. The third-order valence-corrected chi connectivity index (χ3v) is 6.01. The molecule has 5 heteroatoms. The van der Waals surface area contributed by atoms with Gasteiger partial charge in [0, 0.05) is 24.6 Å². The van der Waals surface area contributed by atoms with E-state index in [2.05, 4.69) is 20.8 Å². The molecular formula is C17H34N2O2S. The average molecular weight is 331 g/mol. The molecule has 4 nitrogen and oxygen atoms in total. The van der Waals surface area contributed by atoms with Gasteiger partial charge in [0.15, 0.2) is 0 Å². The second-order valence-electron chi connectivity index (χ2n) is 6.97. The highest BCUT2D eigenvalue weighted by Crippen LogP contribution is 2.26. The SMILES string of the molecule is CC(C)C(C)CCC1CCN(C(=O)C(N)CSCCO)CC1. The summed E-state index contributed by atoms with van der Waals surface area (Å²) in [6.45, 7) is 8.79. The van der Waals surface area contributed by atoms with Gasteiger partial charge in [0.05, 0.1) is 12.6 Å². The Morgan fingerprint density at radius 3 is 2.50 bits per heavy atom. The minimum Gasteiger partial charge on any atom is -0.396 e. The topological polar surface area (TPSA) is 66.6 Å². The second-order valence-corrected chi connectivity index (χ2v) is 8.12. The van der Waals surface area contributed by atoms with Gasteiger partial charge in [-0.2, -0.15) is 11.8 Å². The van der Waals surface area contributed by atoms with E-state index in [1.807, 2.05) is 4.90 Å². The number of hydrogen-bond donors (Lipinski definition) is 2. The minimum atomic E-state index is -0.422. The summed E-state index contributed by atoms with van der Waals surface area (Å²) in [6.07, 6.45) is 4.83. The molecule has 0 aliphatic carbocycles. The lowest BCUT2D eigenvalue weighted by Gasteiger charge is -2.34. The summed E-state index contributed by atoms with van der Waals surface area (Å²) in [5.74, 6) is 3.65. The van der Waals surface area contributed by atoms with Crippen molar-refractivity contribution in [3.63, 3.8) is 0 Å². The molecule has 1 aliphatic heterocycles. The van der Waals surface area contributed by atoms with Gasteiger partial charge in [0.1, 0.15) is 0 Å². The van der Waals surface area contributed by atoms with Crippen LogP contribution in [0.3, 0.4) is 0 Å². The summed E-state index contributed by atoms with van der Waals surface area (Å²) in [6, 6.07) is -0.422. The molecular weight excluding hydrogens is 296 g/mol. The van der Waals surface area contributed by atoms with E-state index >= 15 is 0 Å². The van der Waals surface area contributed by atoms with Crippen LogP contribution in [-0.2, 0) is 4.79 Å². The molecule has 0 aromatic carbocycles. The van der Waals surface area contributed by atoms with Gasteiger partial charge in [-0.25, -0.2) is 0 Å². The zero-order valence-corrected chi connectivity index (χ0v) is 15.3. The quantitative estimate of drug-likeness (QED) is 0.637. The van der Waals surface area contributed by atoms with Gasteiger partial charge in [-0.15, -0.1) is 0 Å². The molecule has 0 radical (unpaired) electrons. The van der Waals surface area contributed by atoms with Crippen LogP contribution in [0.5, 0.6) is 0 Å². The van der Waals surface area contributed by atoms with Crippen LogP contribution >= 0.6 is 11.8 Å². The van der Waals surface area contributed by atoms with E-state index in [0.717, 1.165) is 43.7 Å². The van der Waals surface area contributed by atoms with E-state index in [4.69, 9.17) is 10.8 Å². The van der Waals surface area contributed by atoms with E-state index in [1.54, 1.807) is 11.8 Å². The van der Waals surface area contributed by atoms with E-state index in [-0.39, 0.29) is 12.5 Å². The van der Waals surface area contributed by atoms with Gasteiger partial charge in [-0.3, -0.25) is 4.79 Å². The van der Waals surface area contributed by atoms with Crippen molar-refractivity contribution in [2.45, 2.75) is 52.5 Å². The highest BCUT2D eigenvalue weighted by Gasteiger charge is 2.26. The number of nitrogens with two attached hydrogens (primary N) is 1. The van der Waals surface area contributed by atoms with Gasteiger partial charge >= 0.3 is 0 Å². The van der Waals surface area contributed by atoms with E-state index in [9.17, 15) is 4.79 Å². The zero-order chi connectivity index (χ0) is 16.5. The molecule has 0 saturated carbocycles. The maximum absolute atomic E-state index is 12.3. The molecule has 1 rings (SSSR count). The van der Waals surface area contributed by atoms with Crippen molar-refractivity contribution in [3.05, 3.63) is 0 Å². The molecule has 3 N–H and O–H groups in total. The maximum atomic E-state index is 12.3. The Balaban J connectivity index is 2.25. The largest absolute Gasteiger partial charge is 0.396 e. The van der Waals surface area contributed by atoms with Crippen LogP contribution in [0.1, 0.15) is 46.5 Å². The van der Waals surface area contributed by atoms with Gasteiger partial charge in [0.2, 0.25) is 5.91 Å². The number of aliphatic hydroxyl groups is 1. The molecule has 22 heavy (non-hydrogen) atoms. The number of nitrogens with zero attached hydrogens (tertiary/aromatic N) is 1. The van der Waals surface area contributed by atoms with Crippen molar-refractivity contribution >= 4 is 17.7 Å². The first-order valence-electron chi connectivity index (χ1n) is 8.68. The van der Waals surface area contributed by atoms with Crippen molar-refractivity contribution in [1.29, 1.82) is 0 Å². The fourth-order valence-corrected chi connectivity index (χ4v) is 3.55. The molecule has 2 atom stereocenters. The third-order valence-electron chi connectivity index (χ3n) is 4.94. The molecule has 2 unspecified atom stereocenters. The van der Waals surface area contributed by atoms with Crippen LogP contribution in [0, 0.1) is 17.8 Å². The molecule has 0 spiro atoms. The van der Waals surface area contributed by atoms with Crippen molar-refractivity contribution < 1.29 is 9.90 Å². The number of carbonyl (C=O) groups is 1. The third kappa shape index (κ3) is 6.88. The number of amides is 1. The number of piperidine rings is 1.